The summed E-state index contributed by atoms with van der Waals surface area (Å²) >= 11 is 0. The van der Waals surface area contributed by atoms with Crippen LogP contribution in [0.25, 0.3) is 0 Å². The molecule has 0 radical (unpaired) electrons. The largest absolute Gasteiger partial charge is 0.375 e. The van der Waals surface area contributed by atoms with E-state index in [-0.39, 0.29) is 36.9 Å². The minimum atomic E-state index is -0.00239. The van der Waals surface area contributed by atoms with Crippen molar-refractivity contribution in [3.05, 3.63) is 0 Å². The van der Waals surface area contributed by atoms with Gasteiger partial charge in [-0.05, 0) is 18.8 Å². The van der Waals surface area contributed by atoms with E-state index in [1.54, 1.807) is 4.90 Å². The molecular weight excluding hydrogens is 294 g/mol. The number of amides is 2. The molecule has 0 aromatic rings. The average molecular weight is 320 g/mol. The molecule has 1 saturated heterocycles. The van der Waals surface area contributed by atoms with Crippen LogP contribution in [-0.4, -0.2) is 67.6 Å². The van der Waals surface area contributed by atoms with Gasteiger partial charge in [-0.2, -0.15) is 0 Å². The smallest absolute Gasteiger partial charge is 0.248 e. The molecule has 0 aromatic carbocycles. The van der Waals surface area contributed by atoms with Gasteiger partial charge in [-0.3, -0.25) is 9.59 Å². The number of piperazine rings is 1. The molecule has 21 heavy (non-hydrogen) atoms. The summed E-state index contributed by atoms with van der Waals surface area (Å²) in [6.45, 7) is 2.56. The Bertz CT molecular complexity index is 359. The second kappa shape index (κ2) is 8.56. The second-order valence-corrected chi connectivity index (χ2v) is 5.75. The third-order valence-corrected chi connectivity index (χ3v) is 4.41. The highest BCUT2D eigenvalue weighted by Gasteiger charge is 2.29. The van der Waals surface area contributed by atoms with Gasteiger partial charge in [0.25, 0.3) is 0 Å². The van der Waals surface area contributed by atoms with Crippen LogP contribution in [-0.2, 0) is 14.3 Å². The summed E-state index contributed by atoms with van der Waals surface area (Å²) < 4.78 is 4.85. The van der Waals surface area contributed by atoms with Crippen molar-refractivity contribution >= 4 is 24.2 Å². The minimum absolute atomic E-state index is 0. The molecule has 7 heteroatoms. The maximum atomic E-state index is 12.2. The fourth-order valence-electron chi connectivity index (χ4n) is 3.09. The first-order valence-electron chi connectivity index (χ1n) is 7.42. The number of carbonyl (C=O) groups excluding carboxylic acids is 2. The zero-order valence-electron chi connectivity index (χ0n) is 12.6. The van der Waals surface area contributed by atoms with Gasteiger partial charge in [0.1, 0.15) is 6.61 Å². The van der Waals surface area contributed by atoms with Crippen molar-refractivity contribution in [1.29, 1.82) is 0 Å². The molecular formula is C14H26ClN3O3. The number of hydrogen-bond donors (Lipinski definition) is 1. The summed E-state index contributed by atoms with van der Waals surface area (Å²) in [4.78, 5) is 27.5. The summed E-state index contributed by atoms with van der Waals surface area (Å²) in [7, 11) is 1.52. The van der Waals surface area contributed by atoms with Gasteiger partial charge in [0.05, 0.1) is 0 Å². The minimum Gasteiger partial charge on any atom is -0.375 e. The van der Waals surface area contributed by atoms with E-state index >= 15 is 0 Å². The Balaban J connectivity index is 0.00000220. The zero-order chi connectivity index (χ0) is 14.5. The Hall–Kier alpha value is -0.850. The van der Waals surface area contributed by atoms with Crippen LogP contribution in [0, 0.1) is 5.92 Å². The highest BCUT2D eigenvalue weighted by Crippen LogP contribution is 2.27. The molecule has 0 spiro atoms. The van der Waals surface area contributed by atoms with Crippen molar-refractivity contribution in [3.63, 3.8) is 0 Å². The predicted octanol–water partition coefficient (Wildman–Crippen LogP) is 0.243. The Kier molecular flexibility index (Phi) is 7.42. The van der Waals surface area contributed by atoms with Crippen LogP contribution in [0.1, 0.15) is 25.7 Å². The lowest BCUT2D eigenvalue weighted by molar-refractivity contribution is -0.142. The molecule has 0 bridgehead atoms. The van der Waals surface area contributed by atoms with Crippen LogP contribution < -0.4 is 5.73 Å². The van der Waals surface area contributed by atoms with Crippen molar-refractivity contribution in [3.8, 4) is 0 Å². The van der Waals surface area contributed by atoms with Crippen molar-refractivity contribution in [2.45, 2.75) is 31.7 Å². The van der Waals surface area contributed by atoms with Gasteiger partial charge >= 0.3 is 0 Å². The van der Waals surface area contributed by atoms with Gasteiger partial charge in [-0.25, -0.2) is 0 Å². The Morgan fingerprint density at radius 1 is 1.10 bits per heavy atom. The van der Waals surface area contributed by atoms with Gasteiger partial charge in [-0.15, -0.1) is 12.4 Å². The van der Waals surface area contributed by atoms with Crippen molar-refractivity contribution in [2.24, 2.45) is 11.7 Å². The first kappa shape index (κ1) is 18.2. The molecule has 2 amide bonds. The fraction of sp³-hybridized carbons (Fsp3) is 0.857. The summed E-state index contributed by atoms with van der Waals surface area (Å²) in [5.74, 6) is 0.527. The zero-order valence-corrected chi connectivity index (χ0v) is 13.4. The highest BCUT2D eigenvalue weighted by molar-refractivity contribution is 5.85. The van der Waals surface area contributed by atoms with E-state index in [1.807, 2.05) is 4.90 Å². The van der Waals surface area contributed by atoms with Gasteiger partial charge in [0, 0.05) is 45.8 Å². The van der Waals surface area contributed by atoms with Gasteiger partial charge < -0.3 is 20.3 Å². The van der Waals surface area contributed by atoms with Crippen LogP contribution in [0.15, 0.2) is 0 Å². The number of nitrogens with two attached hydrogens (primary N) is 1. The standard InChI is InChI=1S/C14H25N3O3.ClH/c1-20-10-14(19)17-7-5-16(6-8-17)13(18)9-11-3-2-4-12(11)15;/h11-12H,2-10,15H2,1H3;1H/t11-,12+;/m0./s1. The number of methoxy groups -OCH3 is 1. The van der Waals surface area contributed by atoms with Gasteiger partial charge in [0.15, 0.2) is 0 Å². The third-order valence-electron chi connectivity index (χ3n) is 4.41. The van der Waals surface area contributed by atoms with Crippen LogP contribution in [0.4, 0.5) is 0 Å². The molecule has 1 aliphatic heterocycles. The molecule has 1 heterocycles. The summed E-state index contributed by atoms with van der Waals surface area (Å²) in [5.41, 5.74) is 6.01. The molecule has 0 unspecified atom stereocenters. The van der Waals surface area contributed by atoms with E-state index in [0.29, 0.717) is 38.5 Å². The van der Waals surface area contributed by atoms with E-state index in [9.17, 15) is 9.59 Å². The summed E-state index contributed by atoms with van der Waals surface area (Å²) in [6.07, 6.45) is 3.81. The lowest BCUT2D eigenvalue weighted by Crippen LogP contribution is -2.51. The Morgan fingerprint density at radius 3 is 2.14 bits per heavy atom. The number of halogens is 1. The third kappa shape index (κ3) is 4.83. The first-order chi connectivity index (χ1) is 9.61. The van der Waals surface area contributed by atoms with Crippen LogP contribution in [0.3, 0.4) is 0 Å². The molecule has 6 nitrogen and oxygen atoms in total. The SMILES string of the molecule is COCC(=O)N1CCN(C(=O)C[C@@H]2CCC[C@H]2N)CC1.Cl. The molecule has 2 aliphatic rings. The van der Waals surface area contributed by atoms with E-state index in [4.69, 9.17) is 10.5 Å². The summed E-state index contributed by atoms with van der Waals surface area (Å²) in [6, 6.07) is 0.184. The Morgan fingerprint density at radius 2 is 1.67 bits per heavy atom. The number of carbonyl (C=O) groups is 2. The lowest BCUT2D eigenvalue weighted by atomic mass is 9.99. The van der Waals surface area contributed by atoms with Gasteiger partial charge in [0.2, 0.25) is 11.8 Å². The summed E-state index contributed by atoms with van der Waals surface area (Å²) in [5, 5.41) is 0. The molecule has 1 saturated carbocycles. The quantitative estimate of drug-likeness (QED) is 0.805. The molecule has 0 aromatic heterocycles. The van der Waals surface area contributed by atoms with E-state index < -0.39 is 0 Å². The topological polar surface area (TPSA) is 75.9 Å². The van der Waals surface area contributed by atoms with E-state index in [1.165, 1.54) is 7.11 Å². The van der Waals surface area contributed by atoms with Crippen LogP contribution >= 0.6 is 12.4 Å². The molecule has 2 rings (SSSR count). The first-order valence-corrected chi connectivity index (χ1v) is 7.42. The monoisotopic (exact) mass is 319 g/mol. The number of rotatable bonds is 4. The van der Waals surface area contributed by atoms with Gasteiger partial charge in [-0.1, -0.05) is 6.42 Å². The van der Waals surface area contributed by atoms with Crippen molar-refractivity contribution in [2.75, 3.05) is 39.9 Å². The van der Waals surface area contributed by atoms with Crippen LogP contribution in [0.2, 0.25) is 0 Å². The number of nitrogens with zero attached hydrogens (tertiary/aromatic N) is 2. The molecule has 2 atom stereocenters. The molecule has 2 N–H and O–H groups in total. The van der Waals surface area contributed by atoms with Crippen LogP contribution in [0.5, 0.6) is 0 Å². The molecule has 2 fully saturated rings. The Labute approximate surface area is 132 Å². The molecule has 122 valence electrons. The maximum absolute atomic E-state index is 12.2. The number of ether oxygens (including phenoxy) is 1. The predicted molar refractivity (Wildman–Crippen MR) is 82.2 cm³/mol. The average Bonchev–Trinajstić information content (AvgIpc) is 2.85. The highest BCUT2D eigenvalue weighted by atomic mass is 35.5. The van der Waals surface area contributed by atoms with Crippen molar-refractivity contribution in [1.82, 2.24) is 9.80 Å². The number of hydrogen-bond acceptors (Lipinski definition) is 4. The maximum Gasteiger partial charge on any atom is 0.248 e. The van der Waals surface area contributed by atoms with Crippen molar-refractivity contribution < 1.29 is 14.3 Å². The molecule has 1 aliphatic carbocycles. The second-order valence-electron chi connectivity index (χ2n) is 5.75. The lowest BCUT2D eigenvalue weighted by Gasteiger charge is -2.35. The van der Waals surface area contributed by atoms with E-state index in [0.717, 1.165) is 19.3 Å². The van der Waals surface area contributed by atoms with E-state index in [2.05, 4.69) is 0 Å². The fourth-order valence-corrected chi connectivity index (χ4v) is 3.09. The normalized spacial score (nSPS) is 25.6.